The molecule has 1 aromatic heterocycles. The molecule has 2 heterocycles. The smallest absolute Gasteiger partial charge is 0.251 e. The molecule has 0 atom stereocenters. The first-order chi connectivity index (χ1) is 7.18. The van der Waals surface area contributed by atoms with Crippen LogP contribution in [0, 0.1) is 0 Å². The van der Waals surface area contributed by atoms with E-state index in [1.807, 2.05) is 6.92 Å². The summed E-state index contributed by atoms with van der Waals surface area (Å²) < 4.78 is 5.47. The van der Waals surface area contributed by atoms with Crippen molar-refractivity contribution in [2.24, 2.45) is 0 Å². The Kier molecular flexibility index (Phi) is 2.70. The molecular formula is C9H14N4O2. The molecule has 0 radical (unpaired) electrons. The molecule has 0 bridgehead atoms. The third-order valence-electron chi connectivity index (χ3n) is 2.32. The van der Waals surface area contributed by atoms with Crippen molar-refractivity contribution in [1.29, 1.82) is 0 Å². The summed E-state index contributed by atoms with van der Waals surface area (Å²) in [6, 6.07) is 1.69. The van der Waals surface area contributed by atoms with Gasteiger partial charge in [0, 0.05) is 19.2 Å². The van der Waals surface area contributed by atoms with Crippen LogP contribution in [0.25, 0.3) is 0 Å². The Bertz CT molecular complexity index is 332. The van der Waals surface area contributed by atoms with Crippen LogP contribution < -0.4 is 10.6 Å². The lowest BCUT2D eigenvalue weighted by molar-refractivity contribution is -0.130. The zero-order valence-electron chi connectivity index (χ0n) is 8.54. The second-order valence-electron chi connectivity index (χ2n) is 3.86. The van der Waals surface area contributed by atoms with Gasteiger partial charge in [-0.15, -0.1) is 0 Å². The maximum atomic E-state index is 11.4. The molecule has 1 fully saturated rings. The third-order valence-corrected chi connectivity index (χ3v) is 2.32. The molecule has 1 saturated heterocycles. The fourth-order valence-corrected chi connectivity index (χ4v) is 1.33. The van der Waals surface area contributed by atoms with Crippen LogP contribution in [0.5, 0.6) is 0 Å². The lowest BCUT2D eigenvalue weighted by Gasteiger charge is -2.38. The Morgan fingerprint density at radius 1 is 1.73 bits per heavy atom. The monoisotopic (exact) mass is 210 g/mol. The SMILES string of the molecule is CC1(OCC(=O)Nc2ccn[nH]2)CNC1. The standard InChI is InChI=1S/C9H14N4O2/c1-9(5-10-6-9)15-4-8(14)12-7-2-3-11-13-7/h2-3,10H,4-6H2,1H3,(H2,11,12,13,14). The van der Waals surface area contributed by atoms with Crippen LogP contribution in [-0.2, 0) is 9.53 Å². The summed E-state index contributed by atoms with van der Waals surface area (Å²) in [6.07, 6.45) is 1.58. The van der Waals surface area contributed by atoms with E-state index >= 15 is 0 Å². The molecule has 1 aromatic rings. The molecule has 82 valence electrons. The predicted molar refractivity (Wildman–Crippen MR) is 54.4 cm³/mol. The Labute approximate surface area is 87.4 Å². The first-order valence-electron chi connectivity index (χ1n) is 4.82. The summed E-state index contributed by atoms with van der Waals surface area (Å²) in [5.41, 5.74) is -0.189. The van der Waals surface area contributed by atoms with Crippen molar-refractivity contribution in [1.82, 2.24) is 15.5 Å². The van der Waals surface area contributed by atoms with Gasteiger partial charge >= 0.3 is 0 Å². The average molecular weight is 210 g/mol. The largest absolute Gasteiger partial charge is 0.363 e. The van der Waals surface area contributed by atoms with E-state index in [-0.39, 0.29) is 18.1 Å². The van der Waals surface area contributed by atoms with Crippen molar-refractivity contribution in [3.05, 3.63) is 12.3 Å². The highest BCUT2D eigenvalue weighted by molar-refractivity contribution is 5.90. The summed E-state index contributed by atoms with van der Waals surface area (Å²) in [5, 5.41) is 12.1. The zero-order valence-corrected chi connectivity index (χ0v) is 8.54. The van der Waals surface area contributed by atoms with Crippen LogP contribution in [0.2, 0.25) is 0 Å². The lowest BCUT2D eigenvalue weighted by atomic mass is 10.0. The maximum absolute atomic E-state index is 11.4. The number of ether oxygens (including phenoxy) is 1. The summed E-state index contributed by atoms with van der Waals surface area (Å²) >= 11 is 0. The van der Waals surface area contributed by atoms with Crippen molar-refractivity contribution in [3.63, 3.8) is 0 Å². The number of aromatic amines is 1. The zero-order chi connectivity index (χ0) is 10.7. The molecule has 6 nitrogen and oxygen atoms in total. The highest BCUT2D eigenvalue weighted by Crippen LogP contribution is 2.14. The van der Waals surface area contributed by atoms with Crippen molar-refractivity contribution in [2.75, 3.05) is 25.0 Å². The Morgan fingerprint density at radius 2 is 2.53 bits per heavy atom. The normalized spacial score (nSPS) is 18.2. The van der Waals surface area contributed by atoms with Crippen molar-refractivity contribution >= 4 is 11.7 Å². The number of rotatable bonds is 4. The van der Waals surface area contributed by atoms with Crippen LogP contribution in [0.15, 0.2) is 12.3 Å². The van der Waals surface area contributed by atoms with E-state index in [1.54, 1.807) is 12.3 Å². The number of anilines is 1. The van der Waals surface area contributed by atoms with Gasteiger partial charge in [0.25, 0.3) is 5.91 Å². The highest BCUT2D eigenvalue weighted by Gasteiger charge is 2.32. The van der Waals surface area contributed by atoms with E-state index in [9.17, 15) is 4.79 Å². The van der Waals surface area contributed by atoms with E-state index in [2.05, 4.69) is 20.8 Å². The van der Waals surface area contributed by atoms with Gasteiger partial charge in [0.05, 0.1) is 11.8 Å². The van der Waals surface area contributed by atoms with Crippen molar-refractivity contribution in [3.8, 4) is 0 Å². The maximum Gasteiger partial charge on any atom is 0.251 e. The molecule has 6 heteroatoms. The molecule has 0 unspecified atom stereocenters. The van der Waals surface area contributed by atoms with Gasteiger partial charge in [0.1, 0.15) is 12.4 Å². The minimum Gasteiger partial charge on any atom is -0.363 e. The lowest BCUT2D eigenvalue weighted by Crippen LogP contribution is -2.59. The van der Waals surface area contributed by atoms with Crippen LogP contribution in [0.4, 0.5) is 5.82 Å². The summed E-state index contributed by atoms with van der Waals surface area (Å²) in [7, 11) is 0. The molecule has 2 rings (SSSR count). The average Bonchev–Trinajstić information content (AvgIpc) is 2.64. The number of hydrogen-bond donors (Lipinski definition) is 3. The molecule has 3 N–H and O–H groups in total. The minimum absolute atomic E-state index is 0.0667. The molecule has 1 aliphatic heterocycles. The van der Waals surface area contributed by atoms with Crippen molar-refractivity contribution in [2.45, 2.75) is 12.5 Å². The van der Waals surface area contributed by atoms with Crippen LogP contribution in [0.3, 0.4) is 0 Å². The number of nitrogens with zero attached hydrogens (tertiary/aromatic N) is 1. The number of nitrogens with one attached hydrogen (secondary N) is 3. The molecule has 0 spiro atoms. The van der Waals surface area contributed by atoms with Gasteiger partial charge in [-0.05, 0) is 6.92 Å². The molecular weight excluding hydrogens is 196 g/mol. The van der Waals surface area contributed by atoms with E-state index in [1.165, 1.54) is 0 Å². The Morgan fingerprint density at radius 3 is 3.07 bits per heavy atom. The molecule has 1 amide bonds. The fourth-order valence-electron chi connectivity index (χ4n) is 1.33. The van der Waals surface area contributed by atoms with E-state index in [0.717, 1.165) is 13.1 Å². The van der Waals surface area contributed by atoms with Gasteiger partial charge in [-0.25, -0.2) is 0 Å². The third kappa shape index (κ3) is 2.54. The minimum atomic E-state index is -0.189. The van der Waals surface area contributed by atoms with Crippen LogP contribution in [0.1, 0.15) is 6.92 Å². The van der Waals surface area contributed by atoms with E-state index in [4.69, 9.17) is 4.74 Å². The molecule has 0 saturated carbocycles. The molecule has 0 aromatic carbocycles. The van der Waals surface area contributed by atoms with Gasteiger partial charge < -0.3 is 15.4 Å². The molecule has 15 heavy (non-hydrogen) atoms. The number of hydrogen-bond acceptors (Lipinski definition) is 4. The number of H-pyrrole nitrogens is 1. The quantitative estimate of drug-likeness (QED) is 0.639. The van der Waals surface area contributed by atoms with E-state index in [0.29, 0.717) is 5.82 Å². The first-order valence-corrected chi connectivity index (χ1v) is 4.82. The summed E-state index contributed by atoms with van der Waals surface area (Å²) in [5.74, 6) is 0.410. The van der Waals surface area contributed by atoms with Crippen molar-refractivity contribution < 1.29 is 9.53 Å². The second kappa shape index (κ2) is 4.00. The number of carbonyl (C=O) groups is 1. The Hall–Kier alpha value is -1.40. The second-order valence-corrected chi connectivity index (χ2v) is 3.86. The predicted octanol–water partition coefficient (Wildman–Crippen LogP) is -0.273. The fraction of sp³-hybridized carbons (Fsp3) is 0.556. The first kappa shape index (κ1) is 10.1. The van der Waals surface area contributed by atoms with Gasteiger partial charge in [-0.1, -0.05) is 0 Å². The van der Waals surface area contributed by atoms with Crippen LogP contribution >= 0.6 is 0 Å². The van der Waals surface area contributed by atoms with Gasteiger partial charge in [-0.2, -0.15) is 5.10 Å². The van der Waals surface area contributed by atoms with E-state index < -0.39 is 0 Å². The number of aromatic nitrogens is 2. The van der Waals surface area contributed by atoms with Gasteiger partial charge in [0.2, 0.25) is 0 Å². The Balaban J connectivity index is 1.73. The molecule has 1 aliphatic rings. The topological polar surface area (TPSA) is 79.0 Å². The van der Waals surface area contributed by atoms with Gasteiger partial charge in [-0.3, -0.25) is 9.89 Å². The highest BCUT2D eigenvalue weighted by atomic mass is 16.5. The summed E-state index contributed by atoms with van der Waals surface area (Å²) in [4.78, 5) is 11.4. The summed E-state index contributed by atoms with van der Waals surface area (Å²) in [6.45, 7) is 3.64. The van der Waals surface area contributed by atoms with Gasteiger partial charge in [0.15, 0.2) is 0 Å². The van der Waals surface area contributed by atoms with Crippen LogP contribution in [-0.4, -0.2) is 41.4 Å². The number of carbonyl (C=O) groups excluding carboxylic acids is 1. The number of amides is 1. The molecule has 0 aliphatic carbocycles.